The Kier molecular flexibility index (Phi) is 4.96. The number of likely N-dealkylation sites (tertiary alicyclic amines) is 1. The van der Waals surface area contributed by atoms with Crippen LogP contribution in [-0.4, -0.2) is 28.0 Å². The third-order valence-corrected chi connectivity index (χ3v) is 5.40. The van der Waals surface area contributed by atoms with Crippen molar-refractivity contribution in [3.8, 4) is 0 Å². The van der Waals surface area contributed by atoms with Crippen molar-refractivity contribution in [3.05, 3.63) is 56.6 Å². The zero-order chi connectivity index (χ0) is 16.2. The molecule has 1 atom stereocenters. The molecule has 0 unspecified atom stereocenters. The van der Waals surface area contributed by atoms with E-state index in [1.165, 1.54) is 21.9 Å². The quantitative estimate of drug-likeness (QED) is 0.868. The van der Waals surface area contributed by atoms with Crippen LogP contribution in [0.3, 0.4) is 0 Å². The van der Waals surface area contributed by atoms with Crippen LogP contribution < -0.4 is 5.56 Å². The number of hydrogen-bond donors (Lipinski definition) is 0. The van der Waals surface area contributed by atoms with Gasteiger partial charge < -0.3 is 9.47 Å². The predicted molar refractivity (Wildman–Crippen MR) is 93.0 cm³/mol. The van der Waals surface area contributed by atoms with Crippen molar-refractivity contribution in [2.24, 2.45) is 7.05 Å². The van der Waals surface area contributed by atoms with E-state index in [1.54, 1.807) is 30.6 Å². The van der Waals surface area contributed by atoms with E-state index in [2.05, 4.69) is 17.5 Å². The molecule has 5 heteroatoms. The highest BCUT2D eigenvalue weighted by atomic mass is 32.1. The van der Waals surface area contributed by atoms with Crippen molar-refractivity contribution in [1.29, 1.82) is 0 Å². The lowest BCUT2D eigenvalue weighted by atomic mass is 10.0. The molecule has 1 saturated heterocycles. The summed E-state index contributed by atoms with van der Waals surface area (Å²) in [7, 11) is 1.70. The average Bonchev–Trinajstić information content (AvgIpc) is 2.94. The van der Waals surface area contributed by atoms with Crippen LogP contribution in [0.15, 0.2) is 40.6 Å². The van der Waals surface area contributed by atoms with E-state index in [1.807, 2.05) is 4.90 Å². The van der Waals surface area contributed by atoms with Crippen LogP contribution >= 0.6 is 11.3 Å². The van der Waals surface area contributed by atoms with Gasteiger partial charge in [-0.05, 0) is 30.4 Å². The zero-order valence-electron chi connectivity index (χ0n) is 13.4. The number of aryl methyl sites for hydroxylation is 1. The molecule has 0 spiro atoms. The first kappa shape index (κ1) is 16.0. The van der Waals surface area contributed by atoms with Gasteiger partial charge >= 0.3 is 0 Å². The van der Waals surface area contributed by atoms with E-state index in [0.29, 0.717) is 5.56 Å². The van der Waals surface area contributed by atoms with Gasteiger partial charge in [0.25, 0.3) is 11.5 Å². The Morgan fingerprint density at radius 3 is 2.91 bits per heavy atom. The smallest absolute Gasteiger partial charge is 0.254 e. The molecule has 23 heavy (non-hydrogen) atoms. The summed E-state index contributed by atoms with van der Waals surface area (Å²) in [5.74, 6) is -0.00819. The van der Waals surface area contributed by atoms with Gasteiger partial charge in [0, 0.05) is 48.8 Å². The maximum absolute atomic E-state index is 12.9. The molecule has 3 rings (SSSR count). The summed E-state index contributed by atoms with van der Waals surface area (Å²) in [6.45, 7) is 0.782. The van der Waals surface area contributed by atoms with Crippen LogP contribution in [0.1, 0.15) is 40.9 Å². The minimum absolute atomic E-state index is 0.00819. The first-order valence-electron chi connectivity index (χ1n) is 8.15. The molecule has 0 N–H and O–H groups in total. The minimum atomic E-state index is -0.138. The molecule has 0 bridgehead atoms. The molecule has 1 aliphatic heterocycles. The number of hydrogen-bond acceptors (Lipinski definition) is 3. The maximum Gasteiger partial charge on any atom is 0.254 e. The second-order valence-corrected chi connectivity index (χ2v) is 7.18. The van der Waals surface area contributed by atoms with E-state index in [0.717, 1.165) is 32.2 Å². The summed E-state index contributed by atoms with van der Waals surface area (Å²) < 4.78 is 1.49. The number of thiophene rings is 1. The number of carbonyl (C=O) groups excluding carboxylic acids is 1. The highest BCUT2D eigenvalue weighted by molar-refractivity contribution is 7.09. The predicted octanol–water partition coefficient (Wildman–Crippen LogP) is 3.07. The first-order valence-corrected chi connectivity index (χ1v) is 9.03. The van der Waals surface area contributed by atoms with Crippen molar-refractivity contribution in [2.45, 2.75) is 38.1 Å². The van der Waals surface area contributed by atoms with Gasteiger partial charge in [-0.25, -0.2) is 0 Å². The fraction of sp³-hybridized carbons (Fsp3) is 0.444. The molecule has 1 aliphatic rings. The van der Waals surface area contributed by atoms with Gasteiger partial charge in [-0.15, -0.1) is 11.3 Å². The Morgan fingerprint density at radius 1 is 1.30 bits per heavy atom. The van der Waals surface area contributed by atoms with Crippen LogP contribution in [-0.2, 0) is 13.5 Å². The lowest BCUT2D eigenvalue weighted by Crippen LogP contribution is -2.41. The van der Waals surface area contributed by atoms with E-state index in [9.17, 15) is 9.59 Å². The number of rotatable bonds is 3. The number of aromatic nitrogens is 1. The Morgan fingerprint density at radius 2 is 2.17 bits per heavy atom. The maximum atomic E-state index is 12.9. The molecule has 1 amide bonds. The third kappa shape index (κ3) is 3.72. The number of nitrogens with zero attached hydrogens (tertiary/aromatic N) is 2. The molecule has 2 aromatic heterocycles. The number of pyridine rings is 1. The number of amides is 1. The number of carbonyl (C=O) groups is 1. The standard InChI is InChI=1S/C18H22N2O2S/c1-19-10-8-14(12-17(19)21)18(22)20-9-4-2-3-6-15(20)13-16-7-5-11-23-16/h5,7-8,10-12,15H,2-4,6,9,13H2,1H3/t15-/m1/s1. The SMILES string of the molecule is Cn1ccc(C(=O)N2CCCCC[C@@H]2Cc2cccs2)cc1=O. The second kappa shape index (κ2) is 7.13. The fourth-order valence-electron chi connectivity index (χ4n) is 3.17. The largest absolute Gasteiger partial charge is 0.335 e. The van der Waals surface area contributed by atoms with Crippen molar-refractivity contribution >= 4 is 17.2 Å². The van der Waals surface area contributed by atoms with Crippen molar-refractivity contribution in [1.82, 2.24) is 9.47 Å². The summed E-state index contributed by atoms with van der Waals surface area (Å²) in [6, 6.07) is 7.62. The topological polar surface area (TPSA) is 42.3 Å². The molecule has 4 nitrogen and oxygen atoms in total. The summed E-state index contributed by atoms with van der Waals surface area (Å²) >= 11 is 1.75. The van der Waals surface area contributed by atoms with Crippen LogP contribution in [0.25, 0.3) is 0 Å². The summed E-state index contributed by atoms with van der Waals surface area (Å²) in [4.78, 5) is 28.1. The van der Waals surface area contributed by atoms with Crippen LogP contribution in [0.2, 0.25) is 0 Å². The van der Waals surface area contributed by atoms with Gasteiger partial charge in [-0.2, -0.15) is 0 Å². The zero-order valence-corrected chi connectivity index (χ0v) is 14.2. The van der Waals surface area contributed by atoms with Gasteiger partial charge in [0.1, 0.15) is 0 Å². The molecular formula is C18H22N2O2S. The molecule has 0 saturated carbocycles. The monoisotopic (exact) mass is 330 g/mol. The Balaban J connectivity index is 1.84. The summed E-state index contributed by atoms with van der Waals surface area (Å²) in [6.07, 6.45) is 6.99. The molecule has 122 valence electrons. The first-order chi connectivity index (χ1) is 11.1. The third-order valence-electron chi connectivity index (χ3n) is 4.51. The van der Waals surface area contributed by atoms with E-state index >= 15 is 0 Å². The van der Waals surface area contributed by atoms with Crippen molar-refractivity contribution in [3.63, 3.8) is 0 Å². The van der Waals surface area contributed by atoms with Crippen LogP contribution in [0.5, 0.6) is 0 Å². The summed E-state index contributed by atoms with van der Waals surface area (Å²) in [5, 5.41) is 2.08. The second-order valence-electron chi connectivity index (χ2n) is 6.15. The van der Waals surface area contributed by atoms with Gasteiger partial charge in [-0.1, -0.05) is 18.9 Å². The van der Waals surface area contributed by atoms with E-state index in [4.69, 9.17) is 0 Å². The molecule has 0 radical (unpaired) electrons. The lowest BCUT2D eigenvalue weighted by Gasteiger charge is -2.30. The molecule has 0 aliphatic carbocycles. The van der Waals surface area contributed by atoms with Crippen molar-refractivity contribution < 1.29 is 4.79 Å². The molecule has 1 fully saturated rings. The van der Waals surface area contributed by atoms with Crippen molar-refractivity contribution in [2.75, 3.05) is 6.54 Å². The lowest BCUT2D eigenvalue weighted by molar-refractivity contribution is 0.0682. The van der Waals surface area contributed by atoms with E-state index in [-0.39, 0.29) is 17.5 Å². The highest BCUT2D eigenvalue weighted by Crippen LogP contribution is 2.23. The summed E-state index contributed by atoms with van der Waals surface area (Å²) in [5.41, 5.74) is 0.367. The van der Waals surface area contributed by atoms with Gasteiger partial charge in [0.15, 0.2) is 0 Å². The molecule has 3 heterocycles. The van der Waals surface area contributed by atoms with E-state index < -0.39 is 0 Å². The minimum Gasteiger partial charge on any atom is -0.335 e. The fourth-order valence-corrected chi connectivity index (χ4v) is 3.94. The molecular weight excluding hydrogens is 308 g/mol. The van der Waals surface area contributed by atoms with Gasteiger partial charge in [-0.3, -0.25) is 9.59 Å². The molecule has 0 aromatic carbocycles. The van der Waals surface area contributed by atoms with Crippen LogP contribution in [0, 0.1) is 0 Å². The Hall–Kier alpha value is -1.88. The molecule has 2 aromatic rings. The average molecular weight is 330 g/mol. The Labute approximate surface area is 140 Å². The van der Waals surface area contributed by atoms with Gasteiger partial charge in [0.2, 0.25) is 0 Å². The Bertz CT molecular complexity index is 721. The van der Waals surface area contributed by atoms with Crippen LogP contribution in [0.4, 0.5) is 0 Å². The highest BCUT2D eigenvalue weighted by Gasteiger charge is 2.27. The normalized spacial score (nSPS) is 18.7. The van der Waals surface area contributed by atoms with Gasteiger partial charge in [0.05, 0.1) is 0 Å².